The number of hydrogen-bond acceptors (Lipinski definition) is 4. The summed E-state index contributed by atoms with van der Waals surface area (Å²) in [5, 5.41) is 6.74. The number of guanidine groups is 1. The number of anilines is 1. The topological polar surface area (TPSA) is 72.9 Å². The number of rotatable bonds is 8. The van der Waals surface area contributed by atoms with Crippen LogP contribution in [0.3, 0.4) is 0 Å². The number of pyridine rings is 1. The van der Waals surface area contributed by atoms with Crippen molar-refractivity contribution in [1.29, 1.82) is 0 Å². The van der Waals surface area contributed by atoms with E-state index in [1.54, 1.807) is 11.1 Å². The molecule has 0 aliphatic carbocycles. The van der Waals surface area contributed by atoms with Gasteiger partial charge in [0.05, 0.1) is 0 Å². The largest absolute Gasteiger partial charge is 0.369 e. The lowest BCUT2D eigenvalue weighted by Gasteiger charge is -2.20. The highest BCUT2D eigenvalue weighted by Crippen LogP contribution is 2.19. The minimum Gasteiger partial charge on any atom is -0.369 e. The summed E-state index contributed by atoms with van der Waals surface area (Å²) >= 11 is 0. The van der Waals surface area contributed by atoms with Crippen molar-refractivity contribution in [2.75, 3.05) is 44.7 Å². The van der Waals surface area contributed by atoms with Gasteiger partial charge in [-0.15, -0.1) is 0 Å². The van der Waals surface area contributed by atoms with E-state index in [0.29, 0.717) is 18.5 Å². The molecule has 0 bridgehead atoms. The Morgan fingerprint density at radius 2 is 2.03 bits per heavy atom. The second kappa shape index (κ2) is 11.2. The summed E-state index contributed by atoms with van der Waals surface area (Å²) in [7, 11) is 1.82. The second-order valence-electron chi connectivity index (χ2n) is 7.49. The van der Waals surface area contributed by atoms with Gasteiger partial charge in [0.2, 0.25) is 5.91 Å². The lowest BCUT2D eigenvalue weighted by Crippen LogP contribution is -2.45. The first-order valence-electron chi connectivity index (χ1n) is 10.6. The summed E-state index contributed by atoms with van der Waals surface area (Å²) in [4.78, 5) is 25.4. The molecule has 1 fully saturated rings. The Kier molecular flexibility index (Phi) is 8.06. The lowest BCUT2D eigenvalue weighted by atomic mass is 10.2. The molecule has 1 aliphatic rings. The van der Waals surface area contributed by atoms with Gasteiger partial charge in [-0.05, 0) is 37.6 Å². The third-order valence-electron chi connectivity index (χ3n) is 5.22. The molecule has 2 N–H and O–H groups in total. The molecule has 160 valence electrons. The average Bonchev–Trinajstić information content (AvgIpc) is 3.25. The number of nitrogens with zero attached hydrogens (tertiary/aromatic N) is 4. The van der Waals surface area contributed by atoms with Crippen molar-refractivity contribution in [1.82, 2.24) is 20.5 Å². The molecule has 3 rings (SSSR count). The number of carbonyl (C=O) groups excluding carboxylic acids is 1. The van der Waals surface area contributed by atoms with Crippen LogP contribution in [0.25, 0.3) is 0 Å². The van der Waals surface area contributed by atoms with Gasteiger partial charge in [-0.25, -0.2) is 4.99 Å². The van der Waals surface area contributed by atoms with Crippen LogP contribution in [0.1, 0.15) is 19.0 Å². The summed E-state index contributed by atoms with van der Waals surface area (Å²) in [6.45, 7) is 5.48. The number of benzene rings is 1. The third-order valence-corrected chi connectivity index (χ3v) is 5.22. The van der Waals surface area contributed by atoms with Crippen LogP contribution in [0.4, 0.5) is 5.69 Å². The number of likely N-dealkylation sites (N-methyl/N-ethyl adjacent to an activating group) is 1. The molecular formula is C23H32N6O. The van der Waals surface area contributed by atoms with Crippen LogP contribution in [0.5, 0.6) is 0 Å². The first-order valence-corrected chi connectivity index (χ1v) is 10.6. The molecule has 1 saturated heterocycles. The quantitative estimate of drug-likeness (QED) is 0.516. The van der Waals surface area contributed by atoms with Crippen molar-refractivity contribution in [3.63, 3.8) is 0 Å². The van der Waals surface area contributed by atoms with E-state index in [2.05, 4.69) is 49.8 Å². The summed E-state index contributed by atoms with van der Waals surface area (Å²) in [5.74, 6) is 0.698. The molecule has 1 atom stereocenters. The van der Waals surface area contributed by atoms with Crippen LogP contribution < -0.4 is 15.5 Å². The fraction of sp³-hybridized carbons (Fsp3) is 0.435. The normalized spacial score (nSPS) is 16.4. The molecule has 1 aliphatic heterocycles. The zero-order valence-electron chi connectivity index (χ0n) is 17.9. The average molecular weight is 409 g/mol. The van der Waals surface area contributed by atoms with Crippen LogP contribution in [0.15, 0.2) is 59.7 Å². The molecule has 1 unspecified atom stereocenters. The highest BCUT2D eigenvalue weighted by atomic mass is 16.2. The number of hydrogen-bond donors (Lipinski definition) is 2. The van der Waals surface area contributed by atoms with Gasteiger partial charge in [0.15, 0.2) is 5.96 Å². The molecule has 1 amide bonds. The maximum absolute atomic E-state index is 12.5. The SMILES string of the molecule is CCNC(=NCC(=O)N(C)CCc1ccccn1)NC1CCN(c2ccccc2)C1. The van der Waals surface area contributed by atoms with Crippen LogP contribution in [-0.2, 0) is 11.2 Å². The predicted molar refractivity (Wildman–Crippen MR) is 122 cm³/mol. The Morgan fingerprint density at radius 3 is 2.77 bits per heavy atom. The van der Waals surface area contributed by atoms with E-state index in [1.165, 1.54) is 5.69 Å². The lowest BCUT2D eigenvalue weighted by molar-refractivity contribution is -0.128. The smallest absolute Gasteiger partial charge is 0.244 e. The molecule has 1 aromatic carbocycles. The molecule has 2 aromatic rings. The van der Waals surface area contributed by atoms with Crippen molar-refractivity contribution >= 4 is 17.6 Å². The fourth-order valence-electron chi connectivity index (χ4n) is 3.49. The number of nitrogens with one attached hydrogen (secondary N) is 2. The maximum Gasteiger partial charge on any atom is 0.244 e. The van der Waals surface area contributed by atoms with Crippen molar-refractivity contribution in [2.45, 2.75) is 25.8 Å². The van der Waals surface area contributed by atoms with E-state index < -0.39 is 0 Å². The van der Waals surface area contributed by atoms with Gasteiger partial charge < -0.3 is 20.4 Å². The van der Waals surface area contributed by atoms with Crippen LogP contribution in [0.2, 0.25) is 0 Å². The van der Waals surface area contributed by atoms with Gasteiger partial charge in [-0.2, -0.15) is 0 Å². The highest BCUT2D eigenvalue weighted by Gasteiger charge is 2.23. The van der Waals surface area contributed by atoms with Gasteiger partial charge >= 0.3 is 0 Å². The first-order chi connectivity index (χ1) is 14.7. The predicted octanol–water partition coefficient (Wildman–Crippen LogP) is 1.92. The van der Waals surface area contributed by atoms with E-state index in [0.717, 1.165) is 38.2 Å². The Balaban J connectivity index is 1.48. The minimum absolute atomic E-state index is 0.000434. The number of amides is 1. The Morgan fingerprint density at radius 1 is 1.23 bits per heavy atom. The molecule has 2 heterocycles. The molecule has 0 radical (unpaired) electrons. The summed E-state index contributed by atoms with van der Waals surface area (Å²) in [6.07, 6.45) is 3.55. The van der Waals surface area contributed by atoms with Crippen molar-refractivity contribution in [3.8, 4) is 0 Å². The molecule has 1 aromatic heterocycles. The van der Waals surface area contributed by atoms with Crippen molar-refractivity contribution in [3.05, 3.63) is 60.4 Å². The second-order valence-corrected chi connectivity index (χ2v) is 7.49. The number of para-hydroxylation sites is 1. The maximum atomic E-state index is 12.5. The van der Waals surface area contributed by atoms with Crippen molar-refractivity contribution in [2.24, 2.45) is 4.99 Å². The number of aliphatic imine (C=N–C) groups is 1. The van der Waals surface area contributed by atoms with E-state index in [4.69, 9.17) is 0 Å². The third kappa shape index (κ3) is 6.47. The summed E-state index contributed by atoms with van der Waals surface area (Å²) < 4.78 is 0. The molecule has 0 saturated carbocycles. The Labute approximate surface area is 179 Å². The van der Waals surface area contributed by atoms with E-state index in [-0.39, 0.29) is 12.5 Å². The van der Waals surface area contributed by atoms with Crippen LogP contribution in [0, 0.1) is 0 Å². The molecule has 30 heavy (non-hydrogen) atoms. The Hall–Kier alpha value is -3.09. The van der Waals surface area contributed by atoms with Crippen LogP contribution >= 0.6 is 0 Å². The number of aromatic nitrogens is 1. The monoisotopic (exact) mass is 408 g/mol. The molecule has 0 spiro atoms. The van der Waals surface area contributed by atoms with E-state index in [1.807, 2.05) is 38.2 Å². The first kappa shape index (κ1) is 21.6. The van der Waals surface area contributed by atoms with Crippen molar-refractivity contribution < 1.29 is 4.79 Å². The standard InChI is InChI=1S/C23H32N6O/c1-3-24-23(27-20-13-16-29(18-20)21-10-5-4-6-11-21)26-17-22(30)28(2)15-12-19-9-7-8-14-25-19/h4-11,14,20H,3,12-13,15-18H2,1-2H3,(H2,24,26,27). The van der Waals surface area contributed by atoms with Gasteiger partial charge in [-0.1, -0.05) is 24.3 Å². The molecular weight excluding hydrogens is 376 g/mol. The van der Waals surface area contributed by atoms with Gasteiger partial charge in [0.1, 0.15) is 6.54 Å². The van der Waals surface area contributed by atoms with E-state index in [9.17, 15) is 4.79 Å². The van der Waals surface area contributed by atoms with Gasteiger partial charge in [0, 0.05) is 63.3 Å². The Bertz CT molecular complexity index is 811. The molecule has 7 nitrogen and oxygen atoms in total. The number of carbonyl (C=O) groups is 1. The summed E-state index contributed by atoms with van der Waals surface area (Å²) in [5.41, 5.74) is 2.23. The minimum atomic E-state index is 0.000434. The zero-order valence-corrected chi connectivity index (χ0v) is 17.9. The highest BCUT2D eigenvalue weighted by molar-refractivity contribution is 5.85. The van der Waals surface area contributed by atoms with Crippen LogP contribution in [-0.4, -0.2) is 67.6 Å². The van der Waals surface area contributed by atoms with Gasteiger partial charge in [0.25, 0.3) is 0 Å². The summed E-state index contributed by atoms with van der Waals surface area (Å²) in [6, 6.07) is 16.6. The van der Waals surface area contributed by atoms with E-state index >= 15 is 0 Å². The zero-order chi connectivity index (χ0) is 21.2. The fourth-order valence-corrected chi connectivity index (χ4v) is 3.49. The molecule has 7 heteroatoms. The van der Waals surface area contributed by atoms with Gasteiger partial charge in [-0.3, -0.25) is 9.78 Å².